The number of nitrogens with one attached hydrogen (secondary N) is 3. The van der Waals surface area contributed by atoms with Gasteiger partial charge in [0.1, 0.15) is 134 Å². The number of rotatable bonds is 56. The Morgan fingerprint density at radius 2 is 0.874 bits per heavy atom. The van der Waals surface area contributed by atoms with Gasteiger partial charge in [0.25, 0.3) is 5.79 Å². The Hall–Kier alpha value is -3.58. The minimum Gasteiger partial charge on any atom is -0.477 e. The van der Waals surface area contributed by atoms with Gasteiger partial charge in [-0.05, 0) is 26.2 Å². The van der Waals surface area contributed by atoms with E-state index in [4.69, 9.17) is 56.8 Å². The molecule has 0 aromatic rings. The van der Waals surface area contributed by atoms with E-state index in [1.165, 1.54) is 129 Å². The number of allylic oxidation sites excluding steroid dienone is 1. The van der Waals surface area contributed by atoms with E-state index in [9.17, 15) is 116 Å². The Labute approximate surface area is 697 Å². The maximum atomic E-state index is 13.6. The number of ether oxygens (including phenoxy) is 12. The molecular formula is C81H145N3O35. The molecule has 6 aliphatic rings. The molecule has 38 nitrogen and oxygen atoms in total. The second kappa shape index (κ2) is 54.4. The van der Waals surface area contributed by atoms with E-state index in [1.807, 2.05) is 6.08 Å². The molecule has 0 aliphatic carbocycles. The highest BCUT2D eigenvalue weighted by atomic mass is 16.8. The molecule has 0 aromatic carbocycles. The molecule has 0 spiro atoms. The van der Waals surface area contributed by atoms with Crippen LogP contribution in [0, 0.1) is 0 Å². The van der Waals surface area contributed by atoms with Crippen LogP contribution in [0.5, 0.6) is 0 Å². The van der Waals surface area contributed by atoms with E-state index in [-0.39, 0.29) is 12.3 Å². The van der Waals surface area contributed by atoms with Crippen LogP contribution < -0.4 is 16.0 Å². The number of carbonyl (C=O) groups is 4. The summed E-state index contributed by atoms with van der Waals surface area (Å²) in [5.41, 5.74) is 0. The first kappa shape index (κ1) is 104. The van der Waals surface area contributed by atoms with E-state index in [0.29, 0.717) is 12.8 Å². The first-order valence-electron chi connectivity index (χ1n) is 43.5. The molecule has 6 saturated heterocycles. The third kappa shape index (κ3) is 31.5. The van der Waals surface area contributed by atoms with Gasteiger partial charge in [-0.15, -0.1) is 0 Å². The summed E-state index contributed by atoms with van der Waals surface area (Å²) >= 11 is 0. The summed E-state index contributed by atoms with van der Waals surface area (Å²) in [7, 11) is 0. The summed E-state index contributed by atoms with van der Waals surface area (Å²) in [4.78, 5) is 52.8. The van der Waals surface area contributed by atoms with Crippen molar-refractivity contribution in [3.8, 4) is 0 Å². The van der Waals surface area contributed by atoms with Gasteiger partial charge in [-0.3, -0.25) is 14.4 Å². The Balaban J connectivity index is 1.18. The molecule has 0 aromatic heterocycles. The average Bonchev–Trinajstić information content (AvgIpc) is 0.752. The van der Waals surface area contributed by atoms with Gasteiger partial charge < -0.3 is 170 Å². The number of hydrogen-bond acceptors (Lipinski definition) is 34. The van der Waals surface area contributed by atoms with Gasteiger partial charge in [0, 0.05) is 26.7 Å². The normalized spacial score (nSPS) is 36.2. The highest BCUT2D eigenvalue weighted by molar-refractivity contribution is 5.77. The lowest BCUT2D eigenvalue weighted by atomic mass is 9.88. The van der Waals surface area contributed by atoms with E-state index in [0.717, 1.165) is 65.2 Å². The predicted octanol–water partition coefficient (Wildman–Crippen LogP) is -1.41. The van der Waals surface area contributed by atoms with Crippen LogP contribution in [0.15, 0.2) is 12.2 Å². The first-order chi connectivity index (χ1) is 57.0. The zero-order chi connectivity index (χ0) is 87.5. The maximum Gasteiger partial charge on any atom is 0.364 e. The molecule has 6 aliphatic heterocycles. The molecule has 12 unspecified atom stereocenters. The van der Waals surface area contributed by atoms with Crippen molar-refractivity contribution >= 4 is 23.7 Å². The number of amides is 3. The largest absolute Gasteiger partial charge is 0.477 e. The van der Waals surface area contributed by atoms with Crippen LogP contribution in [0.4, 0.5) is 0 Å². The number of hydrogen-bond donors (Lipinski definition) is 22. The lowest BCUT2D eigenvalue weighted by Crippen LogP contribution is -2.72. The number of aliphatic carboxylic acids is 1. The van der Waals surface area contributed by atoms with Gasteiger partial charge in [-0.2, -0.15) is 0 Å². The molecule has 33 atom stereocenters. The summed E-state index contributed by atoms with van der Waals surface area (Å²) in [6, 6.07) is -4.81. The molecule has 119 heavy (non-hydrogen) atoms. The number of aliphatic hydroxyl groups is 18. The van der Waals surface area contributed by atoms with Crippen LogP contribution in [0.2, 0.25) is 0 Å². The molecular weight excluding hydrogens is 1570 g/mol. The number of carboxylic acids is 1. The van der Waals surface area contributed by atoms with Crippen molar-refractivity contribution in [2.75, 3.05) is 39.6 Å². The standard InChI is InChI=1S/C81H145N3O35/c1-6-8-10-12-14-16-18-20-21-22-23-25-27-29-31-33-35-37-56(95)84-48(49(92)36-34-32-30-28-26-24-19-17-15-13-11-9-7-2)44-108-76-66(103)64(101)69(54(42-88)113-76)114-78-67(104)73(61(98)52(40-86)110-78)117-75-58(83-47(5)91)72(116-77-65(102)63(100)59(96)45(3)109-77)70(55(43-89)112-75)115-79-68(105)74(62(99)53(41-87)111-79)119-81(80(106)107)38-50(93)57(82-46(4)90)71(118-81)60(97)51(94)39-85/h34,36,45,48-55,57-79,85-89,92-94,96-105H,6-33,35,37-44H2,1-5H3,(H,82,90)(H,83,91)(H,84,95)(H,106,107)/b36-34+/t45?,48-,49+,50?,51+,52?,53?,54?,55?,57+,58?,59+,60+,61-,62-,63?,64+,65-,66?,67?,68?,69+,70+,71?,72+,73-,74-,75-,76+,77+,78-,79-,81-/m0/s1. The Morgan fingerprint density at radius 1 is 0.454 bits per heavy atom. The Kier molecular flexibility index (Phi) is 47.7. The summed E-state index contributed by atoms with van der Waals surface area (Å²) in [5, 5.41) is 221. The SMILES string of the molecule is CCCCCCCCCCCCC/C=C/[C@@H](O)[C@H](CO[C@@H]1OC(CO)[C@@H](O[C@@H]2OC(CO)[C@H](O)[C@H](O[C@@H]3OC(CO)[C@@H](O[C@@H]4OC(CO)[C@H](O)[C@H](O[C@]5(C(=O)O)CC(O)[C@@H](NC(C)=O)C([C@H](O)[C@H](O)CO)O5)C4O)[C@H](O[C@H]4OC(C)[C@@H](O)C(O)[C@@H]4O)C3NC(C)=O)C2O)[C@H](O)C1O)NC(=O)CCCCCCCCCCCCCCCCCCC. The zero-order valence-corrected chi connectivity index (χ0v) is 69.8. The average molecular weight is 1720 g/mol. The van der Waals surface area contributed by atoms with E-state index in [2.05, 4.69) is 29.8 Å². The molecule has 0 saturated carbocycles. The van der Waals surface area contributed by atoms with Crippen LogP contribution in [-0.2, 0) is 76.0 Å². The summed E-state index contributed by atoms with van der Waals surface area (Å²) in [6.07, 6.45) is -23.5. The second-order valence-electron chi connectivity index (χ2n) is 32.8. The minimum atomic E-state index is -3.27. The van der Waals surface area contributed by atoms with Crippen molar-refractivity contribution in [2.45, 2.75) is 436 Å². The van der Waals surface area contributed by atoms with Crippen LogP contribution in [0.1, 0.15) is 234 Å². The number of aliphatic hydroxyl groups excluding tert-OH is 18. The Morgan fingerprint density at radius 3 is 1.37 bits per heavy atom. The van der Waals surface area contributed by atoms with Gasteiger partial charge in [0.05, 0.1) is 70.0 Å². The number of unbranched alkanes of at least 4 members (excludes halogenated alkanes) is 27. The quantitative estimate of drug-likeness (QED) is 0.0246. The van der Waals surface area contributed by atoms with Crippen LogP contribution >= 0.6 is 0 Å². The molecule has 6 heterocycles. The third-order valence-corrected chi connectivity index (χ3v) is 23.2. The second-order valence-corrected chi connectivity index (χ2v) is 32.8. The minimum absolute atomic E-state index is 0.151. The predicted molar refractivity (Wildman–Crippen MR) is 419 cm³/mol. The highest BCUT2D eigenvalue weighted by Crippen LogP contribution is 2.41. The first-order valence-corrected chi connectivity index (χ1v) is 43.5. The van der Waals surface area contributed by atoms with E-state index < -0.39 is 266 Å². The fourth-order valence-electron chi connectivity index (χ4n) is 16.1. The van der Waals surface area contributed by atoms with Crippen molar-refractivity contribution in [3.63, 3.8) is 0 Å². The topological polar surface area (TPSA) is 600 Å². The fraction of sp³-hybridized carbons (Fsp3) is 0.926. The molecule has 0 radical (unpaired) electrons. The summed E-state index contributed by atoms with van der Waals surface area (Å²) in [6.45, 7) is 1.51. The zero-order valence-electron chi connectivity index (χ0n) is 69.8. The fourth-order valence-corrected chi connectivity index (χ4v) is 16.1. The van der Waals surface area contributed by atoms with Gasteiger partial charge in [-0.25, -0.2) is 4.79 Å². The highest BCUT2D eigenvalue weighted by Gasteiger charge is 2.62. The van der Waals surface area contributed by atoms with Crippen molar-refractivity contribution in [1.82, 2.24) is 16.0 Å². The lowest BCUT2D eigenvalue weighted by molar-refractivity contribution is -0.399. The molecule has 694 valence electrons. The van der Waals surface area contributed by atoms with E-state index >= 15 is 0 Å². The van der Waals surface area contributed by atoms with Crippen molar-refractivity contribution < 1.29 is 173 Å². The molecule has 0 bridgehead atoms. The molecule has 6 fully saturated rings. The summed E-state index contributed by atoms with van der Waals surface area (Å²) < 4.78 is 72.2. The Bertz CT molecular complexity index is 2850. The molecule has 38 heteroatoms. The maximum absolute atomic E-state index is 13.6. The van der Waals surface area contributed by atoms with Crippen molar-refractivity contribution in [2.24, 2.45) is 0 Å². The number of carboxylic acid groups (broad SMARTS) is 1. The van der Waals surface area contributed by atoms with Crippen LogP contribution in [0.25, 0.3) is 0 Å². The van der Waals surface area contributed by atoms with Crippen molar-refractivity contribution in [3.05, 3.63) is 12.2 Å². The van der Waals surface area contributed by atoms with Gasteiger partial charge in [0.2, 0.25) is 17.7 Å². The van der Waals surface area contributed by atoms with Gasteiger partial charge in [0.15, 0.2) is 31.5 Å². The van der Waals surface area contributed by atoms with Crippen LogP contribution in [-0.4, -0.2) is 362 Å². The van der Waals surface area contributed by atoms with Crippen molar-refractivity contribution in [1.29, 1.82) is 0 Å². The molecule has 6 rings (SSSR count). The lowest BCUT2D eigenvalue weighted by Gasteiger charge is -2.52. The monoisotopic (exact) mass is 1720 g/mol. The number of carbonyl (C=O) groups excluding carboxylic acids is 3. The van der Waals surface area contributed by atoms with E-state index in [1.54, 1.807) is 6.08 Å². The van der Waals surface area contributed by atoms with Crippen LogP contribution in [0.3, 0.4) is 0 Å². The molecule has 3 amide bonds. The third-order valence-electron chi connectivity index (χ3n) is 23.2. The van der Waals surface area contributed by atoms with Gasteiger partial charge >= 0.3 is 5.97 Å². The smallest absolute Gasteiger partial charge is 0.364 e. The molecule has 22 N–H and O–H groups in total. The van der Waals surface area contributed by atoms with Gasteiger partial charge in [-0.1, -0.05) is 193 Å². The summed E-state index contributed by atoms with van der Waals surface area (Å²) in [5.74, 6) is -7.56.